The van der Waals surface area contributed by atoms with Crippen LogP contribution in [-0.2, 0) is 4.79 Å². The molecule has 1 aliphatic rings. The van der Waals surface area contributed by atoms with E-state index in [1.54, 1.807) is 0 Å². The van der Waals surface area contributed by atoms with Crippen molar-refractivity contribution < 1.29 is 14.3 Å². The number of hydrogen-bond acceptors (Lipinski definition) is 3. The number of piperidine rings is 1. The lowest BCUT2D eigenvalue weighted by molar-refractivity contribution is -0.118. The van der Waals surface area contributed by atoms with Crippen LogP contribution >= 0.6 is 0 Å². The van der Waals surface area contributed by atoms with Crippen LogP contribution < -0.4 is 10.6 Å². The zero-order chi connectivity index (χ0) is 12.3. The van der Waals surface area contributed by atoms with Crippen LogP contribution in [-0.4, -0.2) is 23.6 Å². The van der Waals surface area contributed by atoms with E-state index in [4.69, 9.17) is 5.11 Å². The van der Waals surface area contributed by atoms with Crippen LogP contribution in [0.15, 0.2) is 18.2 Å². The fourth-order valence-electron chi connectivity index (χ4n) is 1.89. The van der Waals surface area contributed by atoms with E-state index in [9.17, 15) is 9.18 Å². The largest absolute Gasteiger partial charge is 0.505 e. The van der Waals surface area contributed by atoms with E-state index in [0.717, 1.165) is 31.9 Å². The average Bonchev–Trinajstić information content (AvgIpc) is 2.35. The van der Waals surface area contributed by atoms with Crippen molar-refractivity contribution in [3.05, 3.63) is 24.0 Å². The van der Waals surface area contributed by atoms with Crippen molar-refractivity contribution >= 4 is 11.6 Å². The Labute approximate surface area is 98.8 Å². The van der Waals surface area contributed by atoms with E-state index in [0.29, 0.717) is 5.69 Å². The molecular formula is C12H15FN2O2. The second kappa shape index (κ2) is 5.14. The smallest absolute Gasteiger partial charge is 0.241 e. The Morgan fingerprint density at radius 1 is 1.47 bits per heavy atom. The average molecular weight is 238 g/mol. The number of hydrogen-bond donors (Lipinski definition) is 3. The van der Waals surface area contributed by atoms with Gasteiger partial charge in [0.05, 0.1) is 6.04 Å². The molecule has 1 atom stereocenters. The predicted molar refractivity (Wildman–Crippen MR) is 62.3 cm³/mol. The number of phenols is 1. The van der Waals surface area contributed by atoms with Crippen molar-refractivity contribution in [1.82, 2.24) is 5.32 Å². The summed E-state index contributed by atoms with van der Waals surface area (Å²) in [6.45, 7) is 0.835. The van der Waals surface area contributed by atoms with E-state index < -0.39 is 11.6 Å². The summed E-state index contributed by atoms with van der Waals surface area (Å²) >= 11 is 0. The van der Waals surface area contributed by atoms with Gasteiger partial charge in [-0.15, -0.1) is 0 Å². The highest BCUT2D eigenvalue weighted by molar-refractivity contribution is 5.94. The van der Waals surface area contributed by atoms with Crippen molar-refractivity contribution in [3.63, 3.8) is 0 Å². The molecule has 0 spiro atoms. The molecule has 1 saturated heterocycles. The molecule has 1 aromatic carbocycles. The van der Waals surface area contributed by atoms with E-state index in [-0.39, 0.29) is 11.9 Å². The third kappa shape index (κ3) is 2.94. The van der Waals surface area contributed by atoms with E-state index in [2.05, 4.69) is 10.6 Å². The number of halogens is 1. The Balaban J connectivity index is 1.99. The first-order valence-corrected chi connectivity index (χ1v) is 5.69. The summed E-state index contributed by atoms with van der Waals surface area (Å²) < 4.78 is 13.1. The van der Waals surface area contributed by atoms with Gasteiger partial charge in [0.2, 0.25) is 5.91 Å². The molecule has 1 fully saturated rings. The maximum atomic E-state index is 13.1. The van der Waals surface area contributed by atoms with Gasteiger partial charge < -0.3 is 15.7 Å². The third-order valence-electron chi connectivity index (χ3n) is 2.84. The summed E-state index contributed by atoms with van der Waals surface area (Å²) in [5, 5.41) is 14.8. The van der Waals surface area contributed by atoms with Gasteiger partial charge in [0.15, 0.2) is 11.6 Å². The Morgan fingerprint density at radius 2 is 2.29 bits per heavy atom. The minimum Gasteiger partial charge on any atom is -0.505 e. The molecular weight excluding hydrogens is 223 g/mol. The minimum atomic E-state index is -0.737. The molecule has 0 aromatic heterocycles. The molecule has 1 unspecified atom stereocenters. The van der Waals surface area contributed by atoms with Gasteiger partial charge in [-0.05, 0) is 31.5 Å². The number of anilines is 1. The number of phenolic OH excluding ortho intramolecular Hbond substituents is 1. The summed E-state index contributed by atoms with van der Waals surface area (Å²) in [7, 11) is 0. The summed E-state index contributed by atoms with van der Waals surface area (Å²) in [4.78, 5) is 11.8. The van der Waals surface area contributed by atoms with Crippen LogP contribution in [0.3, 0.4) is 0 Å². The molecule has 5 heteroatoms. The normalized spacial score (nSPS) is 19.9. The first kappa shape index (κ1) is 11.9. The molecule has 1 aromatic rings. The van der Waals surface area contributed by atoms with Gasteiger partial charge in [0.1, 0.15) is 0 Å². The topological polar surface area (TPSA) is 61.4 Å². The third-order valence-corrected chi connectivity index (χ3v) is 2.84. The highest BCUT2D eigenvalue weighted by Crippen LogP contribution is 2.20. The molecule has 17 heavy (non-hydrogen) atoms. The second-order valence-corrected chi connectivity index (χ2v) is 4.16. The van der Waals surface area contributed by atoms with Gasteiger partial charge in [-0.1, -0.05) is 6.42 Å². The Morgan fingerprint density at radius 3 is 2.94 bits per heavy atom. The van der Waals surface area contributed by atoms with Crippen LogP contribution in [0.4, 0.5) is 10.1 Å². The number of nitrogens with one attached hydrogen (secondary N) is 2. The Hall–Kier alpha value is -1.62. The lowest BCUT2D eigenvalue weighted by Crippen LogP contribution is -2.43. The van der Waals surface area contributed by atoms with E-state index in [1.807, 2.05) is 0 Å². The zero-order valence-electron chi connectivity index (χ0n) is 9.37. The molecule has 0 saturated carbocycles. The predicted octanol–water partition coefficient (Wildman–Crippen LogP) is 1.61. The van der Waals surface area contributed by atoms with Crippen molar-refractivity contribution in [3.8, 4) is 5.75 Å². The molecule has 1 amide bonds. The summed E-state index contributed by atoms with van der Waals surface area (Å²) in [5.41, 5.74) is 0.359. The van der Waals surface area contributed by atoms with Crippen molar-refractivity contribution in [2.24, 2.45) is 0 Å². The molecule has 0 radical (unpaired) electrons. The SMILES string of the molecule is O=C(Nc1ccc(O)c(F)c1)C1CCCCN1. The van der Waals surface area contributed by atoms with Gasteiger partial charge in [-0.25, -0.2) is 4.39 Å². The molecule has 2 rings (SSSR count). The van der Waals surface area contributed by atoms with Crippen molar-refractivity contribution in [1.29, 1.82) is 0 Å². The first-order chi connectivity index (χ1) is 8.16. The minimum absolute atomic E-state index is 0.158. The molecule has 4 nitrogen and oxygen atoms in total. The molecule has 3 N–H and O–H groups in total. The van der Waals surface area contributed by atoms with Crippen LogP contribution in [0.5, 0.6) is 5.75 Å². The molecule has 1 aliphatic heterocycles. The number of rotatable bonds is 2. The number of benzene rings is 1. The quantitative estimate of drug-likeness (QED) is 0.686. The van der Waals surface area contributed by atoms with Crippen LogP contribution in [0.1, 0.15) is 19.3 Å². The number of amides is 1. The van der Waals surface area contributed by atoms with Crippen molar-refractivity contribution in [2.45, 2.75) is 25.3 Å². The van der Waals surface area contributed by atoms with Crippen LogP contribution in [0.2, 0.25) is 0 Å². The van der Waals surface area contributed by atoms with Crippen LogP contribution in [0, 0.1) is 5.82 Å². The van der Waals surface area contributed by atoms with Gasteiger partial charge in [0.25, 0.3) is 0 Å². The fourth-order valence-corrected chi connectivity index (χ4v) is 1.89. The summed E-state index contributed by atoms with van der Waals surface area (Å²) in [6.07, 6.45) is 2.90. The summed E-state index contributed by atoms with van der Waals surface area (Å²) in [5.74, 6) is -1.31. The van der Waals surface area contributed by atoms with Gasteiger partial charge in [-0.3, -0.25) is 4.79 Å². The first-order valence-electron chi connectivity index (χ1n) is 5.69. The zero-order valence-corrected chi connectivity index (χ0v) is 9.37. The molecule has 0 bridgehead atoms. The van der Waals surface area contributed by atoms with Crippen LogP contribution in [0.25, 0.3) is 0 Å². The standard InChI is InChI=1S/C12H15FN2O2/c13-9-7-8(4-5-11(9)16)15-12(17)10-3-1-2-6-14-10/h4-5,7,10,14,16H,1-3,6H2,(H,15,17). The lowest BCUT2D eigenvalue weighted by atomic mass is 10.0. The highest BCUT2D eigenvalue weighted by atomic mass is 19.1. The molecule has 1 heterocycles. The maximum absolute atomic E-state index is 13.1. The Kier molecular flexibility index (Phi) is 3.58. The van der Waals surface area contributed by atoms with Gasteiger partial charge in [-0.2, -0.15) is 0 Å². The number of carbonyl (C=O) groups excluding carboxylic acids is 1. The monoisotopic (exact) mass is 238 g/mol. The number of aromatic hydroxyl groups is 1. The lowest BCUT2D eigenvalue weighted by Gasteiger charge is -2.22. The van der Waals surface area contributed by atoms with Crippen molar-refractivity contribution in [2.75, 3.05) is 11.9 Å². The molecule has 0 aliphatic carbocycles. The Bertz CT molecular complexity index is 417. The second-order valence-electron chi connectivity index (χ2n) is 4.16. The maximum Gasteiger partial charge on any atom is 0.241 e. The number of carbonyl (C=O) groups is 1. The summed E-state index contributed by atoms with van der Waals surface area (Å²) in [6, 6.07) is 3.59. The molecule has 92 valence electrons. The fraction of sp³-hybridized carbons (Fsp3) is 0.417. The van der Waals surface area contributed by atoms with Gasteiger partial charge in [0, 0.05) is 11.8 Å². The van der Waals surface area contributed by atoms with E-state index >= 15 is 0 Å². The van der Waals surface area contributed by atoms with E-state index in [1.165, 1.54) is 12.1 Å². The van der Waals surface area contributed by atoms with Gasteiger partial charge >= 0.3 is 0 Å². The highest BCUT2D eigenvalue weighted by Gasteiger charge is 2.20.